The molecule has 0 unspecified atom stereocenters. The van der Waals surface area contributed by atoms with Crippen molar-refractivity contribution in [3.63, 3.8) is 0 Å². The summed E-state index contributed by atoms with van der Waals surface area (Å²) >= 11 is 0. The van der Waals surface area contributed by atoms with E-state index in [-0.39, 0.29) is 31.9 Å². The Labute approximate surface area is 144 Å². The Bertz CT molecular complexity index is 488. The number of anilines is 1. The fraction of sp³-hybridized carbons (Fsp3) is 0.571. The molecule has 21 heavy (non-hydrogen) atoms. The van der Waals surface area contributed by atoms with Crippen LogP contribution in [0, 0.1) is 5.39 Å². The van der Waals surface area contributed by atoms with Crippen LogP contribution in [0.2, 0.25) is 0 Å². The Morgan fingerprint density at radius 3 is 2.14 bits per heavy atom. The van der Waals surface area contributed by atoms with E-state index in [1.807, 2.05) is 19.9 Å². The van der Waals surface area contributed by atoms with Gasteiger partial charge >= 0.3 is 5.69 Å². The Hall–Kier alpha value is -1.05. The van der Waals surface area contributed by atoms with E-state index >= 15 is 0 Å². The molecule has 5 nitrogen and oxygen atoms in total. The van der Waals surface area contributed by atoms with Gasteiger partial charge in [-0.1, -0.05) is 0 Å². The first-order valence-electron chi connectivity index (χ1n) is 6.84. The molecule has 1 saturated heterocycles. The number of nitrogens with zero attached hydrogens (tertiary/aromatic N) is 3. The van der Waals surface area contributed by atoms with Crippen molar-refractivity contribution in [1.82, 2.24) is 0 Å². The molecule has 0 aliphatic carbocycles. The van der Waals surface area contributed by atoms with Crippen LogP contribution in [-0.4, -0.2) is 26.3 Å². The van der Waals surface area contributed by atoms with E-state index in [2.05, 4.69) is 9.88 Å². The molecule has 0 bridgehead atoms. The second-order valence-corrected chi connectivity index (χ2v) is 4.42. The van der Waals surface area contributed by atoms with E-state index in [9.17, 15) is 5.39 Å². The minimum absolute atomic E-state index is 0. The molecular formula is C14H20ClN3O2Zn. The fourth-order valence-corrected chi connectivity index (χ4v) is 2.43. The van der Waals surface area contributed by atoms with Crippen LogP contribution < -0.4 is 26.8 Å². The van der Waals surface area contributed by atoms with Crippen LogP contribution in [0.15, 0.2) is 12.1 Å². The average Bonchev–Trinajstić information content (AvgIpc) is 2.94. The van der Waals surface area contributed by atoms with Crippen molar-refractivity contribution in [3.05, 3.63) is 17.1 Å². The molecule has 0 N–H and O–H groups in total. The number of rotatable bonds is 5. The largest absolute Gasteiger partial charge is 1.00 e. The van der Waals surface area contributed by atoms with E-state index < -0.39 is 0 Å². The van der Waals surface area contributed by atoms with Gasteiger partial charge in [0, 0.05) is 32.6 Å². The zero-order valence-electron chi connectivity index (χ0n) is 12.6. The van der Waals surface area contributed by atoms with Crippen molar-refractivity contribution in [3.8, 4) is 11.5 Å². The molecule has 1 aromatic rings. The average molecular weight is 363 g/mol. The Kier molecular flexibility index (Phi) is 9.32. The van der Waals surface area contributed by atoms with Crippen LogP contribution in [0.5, 0.6) is 11.5 Å². The van der Waals surface area contributed by atoms with Crippen molar-refractivity contribution in [2.75, 3.05) is 31.2 Å². The maximum atomic E-state index is 9.34. The quantitative estimate of drug-likeness (QED) is 0.567. The van der Waals surface area contributed by atoms with Crippen molar-refractivity contribution in [2.24, 2.45) is 0 Å². The molecule has 1 heterocycles. The monoisotopic (exact) mass is 361 g/mol. The first-order valence-corrected chi connectivity index (χ1v) is 6.84. The van der Waals surface area contributed by atoms with E-state index in [1.54, 1.807) is 6.07 Å². The molecule has 0 aromatic heterocycles. The summed E-state index contributed by atoms with van der Waals surface area (Å²) in [7, 11) is 0. The first kappa shape index (κ1) is 20.0. The topological polar surface area (TPSA) is 49.9 Å². The fourth-order valence-electron chi connectivity index (χ4n) is 2.43. The molecule has 0 amide bonds. The minimum atomic E-state index is 0. The molecule has 1 fully saturated rings. The Balaban J connectivity index is 0.00000200. The van der Waals surface area contributed by atoms with Gasteiger partial charge in [-0.3, -0.25) is 0 Å². The van der Waals surface area contributed by atoms with Gasteiger partial charge in [0.15, 0.2) is 16.4 Å². The normalized spacial score (nSPS) is 12.9. The van der Waals surface area contributed by atoms with Crippen LogP contribution >= 0.6 is 0 Å². The van der Waals surface area contributed by atoms with E-state index in [1.165, 1.54) is 0 Å². The molecule has 1 aliphatic heterocycles. The van der Waals surface area contributed by atoms with Gasteiger partial charge in [0.2, 0.25) is 11.1 Å². The van der Waals surface area contributed by atoms with Gasteiger partial charge in [-0.25, -0.2) is 0 Å². The van der Waals surface area contributed by atoms with Crippen molar-refractivity contribution < 1.29 is 41.4 Å². The molecule has 112 valence electrons. The maximum absolute atomic E-state index is 9.34. The summed E-state index contributed by atoms with van der Waals surface area (Å²) in [6, 6.07) is 3.68. The summed E-state index contributed by atoms with van der Waals surface area (Å²) in [5.41, 5.74) is 1.31. The van der Waals surface area contributed by atoms with Gasteiger partial charge in [-0.2, -0.15) is 0 Å². The third kappa shape index (κ3) is 4.46. The zero-order valence-corrected chi connectivity index (χ0v) is 16.4. The van der Waals surface area contributed by atoms with Gasteiger partial charge in [0.1, 0.15) is 0 Å². The summed E-state index contributed by atoms with van der Waals surface area (Å²) in [5.74, 6) is 1.34. The number of benzene rings is 1. The molecule has 0 atom stereocenters. The van der Waals surface area contributed by atoms with Gasteiger partial charge in [0.25, 0.3) is 0 Å². The molecule has 0 radical (unpaired) electrons. The third-order valence-corrected chi connectivity index (χ3v) is 3.20. The Morgan fingerprint density at radius 1 is 1.10 bits per heavy atom. The van der Waals surface area contributed by atoms with Gasteiger partial charge in [-0.15, -0.1) is 0 Å². The van der Waals surface area contributed by atoms with Crippen LogP contribution in [0.3, 0.4) is 0 Å². The van der Waals surface area contributed by atoms with Crippen LogP contribution in [0.25, 0.3) is 4.98 Å². The predicted octanol–water partition coefficient (Wildman–Crippen LogP) is 0.570. The molecular weight excluding hydrogens is 343 g/mol. The smallest absolute Gasteiger partial charge is 0.453 e. The number of halogens is 1. The van der Waals surface area contributed by atoms with E-state index in [4.69, 9.17) is 9.47 Å². The summed E-state index contributed by atoms with van der Waals surface area (Å²) < 4.78 is 11.2. The number of ether oxygens (including phenoxy) is 2. The van der Waals surface area contributed by atoms with Crippen molar-refractivity contribution in [2.45, 2.75) is 26.7 Å². The van der Waals surface area contributed by atoms with Gasteiger partial charge in [-0.05, 0) is 38.8 Å². The number of hydrogen-bond donors (Lipinski definition) is 0. The van der Waals surface area contributed by atoms with Gasteiger partial charge < -0.3 is 26.8 Å². The zero-order chi connectivity index (χ0) is 13.7. The molecule has 0 saturated carbocycles. The summed E-state index contributed by atoms with van der Waals surface area (Å²) in [4.78, 5) is 5.63. The predicted molar refractivity (Wildman–Crippen MR) is 75.0 cm³/mol. The molecule has 0 spiro atoms. The van der Waals surface area contributed by atoms with Crippen LogP contribution in [-0.2, 0) is 19.5 Å². The summed E-state index contributed by atoms with van der Waals surface area (Å²) in [6.07, 6.45) is 2.30. The van der Waals surface area contributed by atoms with Crippen molar-refractivity contribution in [1.29, 1.82) is 5.39 Å². The second-order valence-electron chi connectivity index (χ2n) is 4.42. The van der Waals surface area contributed by atoms with Crippen molar-refractivity contribution >= 4 is 11.4 Å². The van der Waals surface area contributed by atoms with E-state index in [0.29, 0.717) is 24.7 Å². The SMILES string of the molecule is CCOc1ccc(OCC)c(N2CCCC2)c1[N+]#N.[Cl-].[Zn]. The standard InChI is InChI=1S/C14H20N3O2.ClH.Zn/c1-3-18-11-7-8-12(19-4-2)14(13(11)16-15)17-9-5-6-10-17;;/h7-8H,3-6,9-10H2,1-2H3;1H;/q+1;;/p-1. The third-order valence-electron chi connectivity index (χ3n) is 3.20. The van der Waals surface area contributed by atoms with E-state index in [0.717, 1.165) is 37.4 Å². The second kappa shape index (κ2) is 9.81. The van der Waals surface area contributed by atoms with Crippen LogP contribution in [0.4, 0.5) is 11.4 Å². The molecule has 7 heteroatoms. The molecule has 2 rings (SSSR count). The summed E-state index contributed by atoms with van der Waals surface area (Å²) in [6.45, 7) is 6.89. The Morgan fingerprint density at radius 2 is 1.62 bits per heavy atom. The number of hydrogen-bond acceptors (Lipinski definition) is 4. The minimum Gasteiger partial charge on any atom is -1.00 e. The number of diazo groups is 1. The van der Waals surface area contributed by atoms with Crippen LogP contribution in [0.1, 0.15) is 26.7 Å². The molecule has 1 aliphatic rings. The first-order chi connectivity index (χ1) is 9.31. The summed E-state index contributed by atoms with van der Waals surface area (Å²) in [5, 5.41) is 9.34. The molecule has 1 aromatic carbocycles. The maximum Gasteiger partial charge on any atom is 0.453 e. The van der Waals surface area contributed by atoms with Gasteiger partial charge in [0.05, 0.1) is 13.2 Å².